The first-order valence-electron chi connectivity index (χ1n) is 5.89. The van der Waals surface area contributed by atoms with Gasteiger partial charge in [-0.05, 0) is 38.5 Å². The topological polar surface area (TPSA) is 55.1 Å². The van der Waals surface area contributed by atoms with Gasteiger partial charge in [-0.3, -0.25) is 0 Å². The van der Waals surface area contributed by atoms with E-state index in [-0.39, 0.29) is 6.04 Å². The molecule has 0 amide bonds. The fourth-order valence-corrected chi connectivity index (χ4v) is 2.08. The zero-order chi connectivity index (χ0) is 13.3. The molecule has 0 fully saturated rings. The van der Waals surface area contributed by atoms with Crippen LogP contribution in [0.25, 0.3) is 17.1 Å². The van der Waals surface area contributed by atoms with Crippen molar-refractivity contribution in [1.29, 1.82) is 0 Å². The smallest absolute Gasteiger partial charge is 0.328 e. The van der Waals surface area contributed by atoms with Crippen LogP contribution in [0.1, 0.15) is 31.3 Å². The van der Waals surface area contributed by atoms with E-state index in [1.165, 1.54) is 0 Å². The maximum atomic E-state index is 10.6. The summed E-state index contributed by atoms with van der Waals surface area (Å²) in [5.74, 6) is -0.286. The van der Waals surface area contributed by atoms with Gasteiger partial charge in [0.2, 0.25) is 0 Å². The molecule has 0 aliphatic heterocycles. The Bertz CT molecular complexity index is 624. The van der Waals surface area contributed by atoms with Gasteiger partial charge < -0.3 is 9.67 Å². The highest BCUT2D eigenvalue weighted by Gasteiger charge is 2.12. The first kappa shape index (κ1) is 12.4. The van der Waals surface area contributed by atoms with Crippen LogP contribution in [-0.2, 0) is 4.79 Å². The zero-order valence-corrected chi connectivity index (χ0v) is 10.7. The van der Waals surface area contributed by atoms with Gasteiger partial charge >= 0.3 is 5.97 Å². The maximum absolute atomic E-state index is 10.6. The lowest BCUT2D eigenvalue weighted by Crippen LogP contribution is -2.03. The SMILES string of the molecule is Cc1cccc2c1nc(/C=C/C(=O)O)n2C(C)C. The minimum Gasteiger partial charge on any atom is -0.478 e. The lowest BCUT2D eigenvalue weighted by atomic mass is 10.2. The van der Waals surface area contributed by atoms with Crippen LogP contribution in [0.5, 0.6) is 0 Å². The van der Waals surface area contributed by atoms with Gasteiger partial charge in [-0.15, -0.1) is 0 Å². The Balaban J connectivity index is 2.69. The summed E-state index contributed by atoms with van der Waals surface area (Å²) in [5, 5.41) is 8.71. The Morgan fingerprint density at radius 2 is 2.17 bits per heavy atom. The highest BCUT2D eigenvalue weighted by Crippen LogP contribution is 2.24. The Labute approximate surface area is 106 Å². The van der Waals surface area contributed by atoms with E-state index >= 15 is 0 Å². The molecule has 0 aliphatic rings. The molecule has 2 aromatic rings. The third-order valence-electron chi connectivity index (χ3n) is 2.84. The van der Waals surface area contributed by atoms with E-state index in [2.05, 4.69) is 18.8 Å². The van der Waals surface area contributed by atoms with Crippen LogP contribution in [0.2, 0.25) is 0 Å². The number of aromatic nitrogens is 2. The van der Waals surface area contributed by atoms with Crippen molar-refractivity contribution < 1.29 is 9.90 Å². The molecule has 1 aromatic heterocycles. The lowest BCUT2D eigenvalue weighted by molar-refractivity contribution is -0.131. The highest BCUT2D eigenvalue weighted by molar-refractivity contribution is 5.86. The summed E-state index contributed by atoms with van der Waals surface area (Å²) in [7, 11) is 0. The van der Waals surface area contributed by atoms with Crippen LogP contribution in [0.15, 0.2) is 24.3 Å². The number of aryl methyl sites for hydroxylation is 1. The number of hydrogen-bond acceptors (Lipinski definition) is 2. The summed E-state index contributed by atoms with van der Waals surface area (Å²) in [6.07, 6.45) is 2.66. The number of benzene rings is 1. The van der Waals surface area contributed by atoms with E-state index in [0.29, 0.717) is 5.82 Å². The average Bonchev–Trinajstić information content (AvgIpc) is 2.66. The molecule has 0 spiro atoms. The number of carboxylic acid groups (broad SMARTS) is 1. The molecule has 1 heterocycles. The van der Waals surface area contributed by atoms with Crippen molar-refractivity contribution in [2.24, 2.45) is 0 Å². The van der Waals surface area contributed by atoms with Gasteiger partial charge in [0, 0.05) is 12.1 Å². The maximum Gasteiger partial charge on any atom is 0.328 e. The number of carboxylic acids is 1. The number of hydrogen-bond donors (Lipinski definition) is 1. The molecule has 0 unspecified atom stereocenters. The number of imidazole rings is 1. The Morgan fingerprint density at radius 1 is 1.44 bits per heavy atom. The lowest BCUT2D eigenvalue weighted by Gasteiger charge is -2.10. The molecule has 0 atom stereocenters. The second-order valence-electron chi connectivity index (χ2n) is 4.55. The summed E-state index contributed by atoms with van der Waals surface area (Å²) >= 11 is 0. The van der Waals surface area contributed by atoms with Crippen molar-refractivity contribution in [3.8, 4) is 0 Å². The molecule has 2 rings (SSSR count). The van der Waals surface area contributed by atoms with E-state index in [1.54, 1.807) is 6.08 Å². The molecule has 1 N–H and O–H groups in total. The molecule has 1 aromatic carbocycles. The molecule has 0 saturated heterocycles. The summed E-state index contributed by atoms with van der Waals surface area (Å²) < 4.78 is 2.04. The van der Waals surface area contributed by atoms with Crippen molar-refractivity contribution in [3.63, 3.8) is 0 Å². The second-order valence-corrected chi connectivity index (χ2v) is 4.55. The molecule has 0 radical (unpaired) electrons. The minimum atomic E-state index is -0.964. The quantitative estimate of drug-likeness (QED) is 0.844. The number of rotatable bonds is 3. The normalized spacial score (nSPS) is 11.8. The predicted octanol–water partition coefficient (Wildman–Crippen LogP) is 3.02. The number of carbonyl (C=O) groups is 1. The number of para-hydroxylation sites is 1. The fraction of sp³-hybridized carbons (Fsp3) is 0.286. The summed E-state index contributed by atoms with van der Waals surface area (Å²) in [4.78, 5) is 15.1. The first-order valence-corrected chi connectivity index (χ1v) is 5.89. The largest absolute Gasteiger partial charge is 0.478 e. The highest BCUT2D eigenvalue weighted by atomic mass is 16.4. The van der Waals surface area contributed by atoms with Crippen LogP contribution in [0.4, 0.5) is 0 Å². The number of fused-ring (bicyclic) bond motifs is 1. The fourth-order valence-electron chi connectivity index (χ4n) is 2.08. The van der Waals surface area contributed by atoms with Crippen LogP contribution in [0.3, 0.4) is 0 Å². The molecule has 4 nitrogen and oxygen atoms in total. The minimum absolute atomic E-state index is 0.227. The zero-order valence-electron chi connectivity index (χ0n) is 10.7. The van der Waals surface area contributed by atoms with Gasteiger partial charge in [-0.2, -0.15) is 0 Å². The summed E-state index contributed by atoms with van der Waals surface area (Å²) in [6.45, 7) is 6.12. The standard InChI is InChI=1S/C14H16N2O2/c1-9(2)16-11-6-4-5-10(3)14(11)15-12(16)7-8-13(17)18/h4-9H,1-3H3,(H,17,18)/b8-7+. The Kier molecular flexibility index (Phi) is 3.19. The summed E-state index contributed by atoms with van der Waals surface area (Å²) in [5.41, 5.74) is 3.06. The molecule has 0 bridgehead atoms. The molecular weight excluding hydrogens is 228 g/mol. The third kappa shape index (κ3) is 2.14. The Hall–Kier alpha value is -2.10. The van der Waals surface area contributed by atoms with Gasteiger partial charge in [0.25, 0.3) is 0 Å². The van der Waals surface area contributed by atoms with Crippen LogP contribution >= 0.6 is 0 Å². The van der Waals surface area contributed by atoms with E-state index in [4.69, 9.17) is 5.11 Å². The van der Waals surface area contributed by atoms with Crippen molar-refractivity contribution in [1.82, 2.24) is 9.55 Å². The van der Waals surface area contributed by atoms with Gasteiger partial charge in [0.05, 0.1) is 11.0 Å². The van der Waals surface area contributed by atoms with E-state index in [1.807, 2.05) is 29.7 Å². The van der Waals surface area contributed by atoms with Crippen LogP contribution in [-0.4, -0.2) is 20.6 Å². The molecule has 0 saturated carbocycles. The van der Waals surface area contributed by atoms with Crippen LogP contribution in [0, 0.1) is 6.92 Å². The van der Waals surface area contributed by atoms with Gasteiger partial charge in [-0.1, -0.05) is 12.1 Å². The molecule has 0 aliphatic carbocycles. The number of aliphatic carboxylic acids is 1. The second kappa shape index (κ2) is 4.64. The van der Waals surface area contributed by atoms with E-state index in [9.17, 15) is 4.79 Å². The van der Waals surface area contributed by atoms with Gasteiger partial charge in [-0.25, -0.2) is 9.78 Å². The number of nitrogens with zero attached hydrogens (tertiary/aromatic N) is 2. The molecule has 18 heavy (non-hydrogen) atoms. The third-order valence-corrected chi connectivity index (χ3v) is 2.84. The summed E-state index contributed by atoms with van der Waals surface area (Å²) in [6, 6.07) is 6.23. The van der Waals surface area contributed by atoms with Crippen molar-refractivity contribution in [2.45, 2.75) is 26.8 Å². The molecule has 94 valence electrons. The predicted molar refractivity (Wildman–Crippen MR) is 71.5 cm³/mol. The van der Waals surface area contributed by atoms with E-state index in [0.717, 1.165) is 22.7 Å². The van der Waals surface area contributed by atoms with Crippen molar-refractivity contribution in [3.05, 3.63) is 35.7 Å². The van der Waals surface area contributed by atoms with Gasteiger partial charge in [0.1, 0.15) is 5.82 Å². The Morgan fingerprint density at radius 3 is 2.78 bits per heavy atom. The molecular formula is C14H16N2O2. The van der Waals surface area contributed by atoms with Crippen LogP contribution < -0.4 is 0 Å². The molecule has 4 heteroatoms. The monoisotopic (exact) mass is 244 g/mol. The van der Waals surface area contributed by atoms with Gasteiger partial charge in [0.15, 0.2) is 0 Å². The first-order chi connectivity index (χ1) is 8.50. The van der Waals surface area contributed by atoms with Crippen molar-refractivity contribution >= 4 is 23.1 Å². The average molecular weight is 244 g/mol. The van der Waals surface area contributed by atoms with Crippen molar-refractivity contribution in [2.75, 3.05) is 0 Å². The van der Waals surface area contributed by atoms with E-state index < -0.39 is 5.97 Å².